The molecule has 0 amide bonds. The second-order valence-corrected chi connectivity index (χ2v) is 6.98. The zero-order valence-corrected chi connectivity index (χ0v) is 18.4. The lowest BCUT2D eigenvalue weighted by molar-refractivity contribution is 0.0268. The Hall–Kier alpha value is -0.800. The quantitative estimate of drug-likeness (QED) is 0.369. The molecule has 1 unspecified atom stereocenters. The standard InChI is InChI=1S/C18H32N4O2.HI/c1-14-8-9-16(24-14)15(22-10-6-7-11-22)12-20-17(19-4)21-13-18(2,3)23-5;/h8-9,15H,6-7,10-13H2,1-5H3,(H2,19,20,21);1H. The fraction of sp³-hybridized carbons (Fsp3) is 0.722. The van der Waals surface area contributed by atoms with Crippen molar-refractivity contribution in [1.82, 2.24) is 15.5 Å². The van der Waals surface area contributed by atoms with Crippen molar-refractivity contribution in [1.29, 1.82) is 0 Å². The summed E-state index contributed by atoms with van der Waals surface area (Å²) in [5.74, 6) is 2.76. The summed E-state index contributed by atoms with van der Waals surface area (Å²) in [6.07, 6.45) is 2.51. The van der Waals surface area contributed by atoms with E-state index in [1.807, 2.05) is 26.8 Å². The van der Waals surface area contributed by atoms with Crippen LogP contribution < -0.4 is 10.6 Å². The Kier molecular flexibility index (Phi) is 9.23. The van der Waals surface area contributed by atoms with Crippen LogP contribution in [0.25, 0.3) is 0 Å². The number of likely N-dealkylation sites (tertiary alicyclic amines) is 1. The molecule has 1 aromatic rings. The first kappa shape index (κ1) is 22.2. The maximum atomic E-state index is 5.89. The van der Waals surface area contributed by atoms with E-state index in [9.17, 15) is 0 Å². The lowest BCUT2D eigenvalue weighted by Crippen LogP contribution is -2.47. The molecule has 0 saturated carbocycles. The normalized spacial score (nSPS) is 17.2. The number of furan rings is 1. The highest BCUT2D eigenvalue weighted by Gasteiger charge is 2.26. The Balaban J connectivity index is 0.00000312. The SMILES string of the molecule is CN=C(NCC(c1ccc(C)o1)N1CCCC1)NCC(C)(C)OC.I. The van der Waals surface area contributed by atoms with Crippen molar-refractivity contribution in [2.75, 3.05) is 40.3 Å². The van der Waals surface area contributed by atoms with Crippen LogP contribution in [0.2, 0.25) is 0 Å². The van der Waals surface area contributed by atoms with E-state index in [2.05, 4.69) is 26.6 Å². The van der Waals surface area contributed by atoms with Crippen LogP contribution >= 0.6 is 24.0 Å². The minimum atomic E-state index is -0.232. The molecule has 0 radical (unpaired) electrons. The molecule has 1 atom stereocenters. The van der Waals surface area contributed by atoms with Crippen molar-refractivity contribution in [3.63, 3.8) is 0 Å². The Labute approximate surface area is 168 Å². The number of aryl methyl sites for hydroxylation is 1. The van der Waals surface area contributed by atoms with Crippen LogP contribution in [0.1, 0.15) is 44.3 Å². The molecule has 0 spiro atoms. The first-order valence-electron chi connectivity index (χ1n) is 8.75. The zero-order valence-electron chi connectivity index (χ0n) is 16.1. The van der Waals surface area contributed by atoms with Gasteiger partial charge in [0.25, 0.3) is 0 Å². The number of nitrogens with one attached hydrogen (secondary N) is 2. The third kappa shape index (κ3) is 6.79. The van der Waals surface area contributed by atoms with Crippen LogP contribution in [-0.2, 0) is 4.74 Å². The molecule has 2 heterocycles. The predicted molar refractivity (Wildman–Crippen MR) is 113 cm³/mol. The molecule has 2 N–H and O–H groups in total. The van der Waals surface area contributed by atoms with Gasteiger partial charge in [-0.25, -0.2) is 0 Å². The highest BCUT2D eigenvalue weighted by molar-refractivity contribution is 14.0. The van der Waals surface area contributed by atoms with Crippen molar-refractivity contribution in [3.8, 4) is 0 Å². The fourth-order valence-corrected chi connectivity index (χ4v) is 2.88. The van der Waals surface area contributed by atoms with Gasteiger partial charge in [0.15, 0.2) is 5.96 Å². The summed E-state index contributed by atoms with van der Waals surface area (Å²) in [5.41, 5.74) is -0.232. The van der Waals surface area contributed by atoms with E-state index < -0.39 is 0 Å². The number of rotatable bonds is 7. The van der Waals surface area contributed by atoms with E-state index in [0.29, 0.717) is 6.54 Å². The Morgan fingerprint density at radius 3 is 2.52 bits per heavy atom. The topological polar surface area (TPSA) is 62.0 Å². The van der Waals surface area contributed by atoms with E-state index in [1.165, 1.54) is 12.8 Å². The molecule has 0 aliphatic carbocycles. The van der Waals surface area contributed by atoms with Crippen LogP contribution in [-0.4, -0.2) is 56.8 Å². The molecule has 6 nitrogen and oxygen atoms in total. The Bertz CT molecular complexity index is 539. The molecule has 0 bridgehead atoms. The highest BCUT2D eigenvalue weighted by Crippen LogP contribution is 2.26. The molecule has 25 heavy (non-hydrogen) atoms. The molecule has 144 valence electrons. The van der Waals surface area contributed by atoms with Gasteiger partial charge in [0.05, 0.1) is 11.6 Å². The summed E-state index contributed by atoms with van der Waals surface area (Å²) >= 11 is 0. The summed E-state index contributed by atoms with van der Waals surface area (Å²) in [5, 5.41) is 6.76. The molecule has 1 fully saturated rings. The van der Waals surface area contributed by atoms with Crippen LogP contribution in [0.3, 0.4) is 0 Å². The van der Waals surface area contributed by atoms with Gasteiger partial charge in [-0.05, 0) is 58.8 Å². The van der Waals surface area contributed by atoms with Crippen LogP contribution in [0.4, 0.5) is 0 Å². The third-order valence-electron chi connectivity index (χ3n) is 4.59. The van der Waals surface area contributed by atoms with E-state index in [-0.39, 0.29) is 35.6 Å². The number of guanidine groups is 1. The van der Waals surface area contributed by atoms with Crippen molar-refractivity contribution in [2.24, 2.45) is 4.99 Å². The van der Waals surface area contributed by atoms with Gasteiger partial charge in [0.2, 0.25) is 0 Å². The van der Waals surface area contributed by atoms with E-state index in [0.717, 1.165) is 37.1 Å². The summed E-state index contributed by atoms with van der Waals surface area (Å²) in [6.45, 7) is 9.78. The van der Waals surface area contributed by atoms with E-state index >= 15 is 0 Å². The third-order valence-corrected chi connectivity index (χ3v) is 4.59. The summed E-state index contributed by atoms with van der Waals surface area (Å²) in [4.78, 5) is 6.80. The molecule has 2 rings (SSSR count). The Morgan fingerprint density at radius 2 is 2.00 bits per heavy atom. The molecule has 1 aliphatic heterocycles. The number of ether oxygens (including phenoxy) is 1. The second-order valence-electron chi connectivity index (χ2n) is 6.98. The maximum absolute atomic E-state index is 5.89. The van der Waals surface area contributed by atoms with Crippen LogP contribution in [0, 0.1) is 6.92 Å². The number of methoxy groups -OCH3 is 1. The maximum Gasteiger partial charge on any atom is 0.191 e. The molecular formula is C18H33IN4O2. The second kappa shape index (κ2) is 10.4. The van der Waals surface area contributed by atoms with Crippen molar-refractivity contribution >= 4 is 29.9 Å². The van der Waals surface area contributed by atoms with E-state index in [4.69, 9.17) is 9.15 Å². The van der Waals surface area contributed by atoms with Crippen LogP contribution in [0.15, 0.2) is 21.5 Å². The number of halogens is 1. The van der Waals surface area contributed by atoms with Gasteiger partial charge in [-0.3, -0.25) is 9.89 Å². The minimum absolute atomic E-state index is 0. The molecule has 1 aliphatic rings. The first-order valence-corrected chi connectivity index (χ1v) is 8.75. The van der Waals surface area contributed by atoms with Gasteiger partial charge in [0, 0.05) is 27.2 Å². The summed E-state index contributed by atoms with van der Waals surface area (Å²) in [7, 11) is 3.51. The monoisotopic (exact) mass is 464 g/mol. The van der Waals surface area contributed by atoms with Gasteiger partial charge in [-0.1, -0.05) is 0 Å². The number of hydrogen-bond donors (Lipinski definition) is 2. The molecule has 0 aromatic carbocycles. The Morgan fingerprint density at radius 1 is 1.32 bits per heavy atom. The van der Waals surface area contributed by atoms with Gasteiger partial charge in [0.1, 0.15) is 11.5 Å². The van der Waals surface area contributed by atoms with Crippen molar-refractivity contribution < 1.29 is 9.15 Å². The molecule has 1 saturated heterocycles. The smallest absolute Gasteiger partial charge is 0.191 e. The van der Waals surface area contributed by atoms with Crippen LogP contribution in [0.5, 0.6) is 0 Å². The average Bonchev–Trinajstić information content (AvgIpc) is 3.23. The molecule has 7 heteroatoms. The summed E-state index contributed by atoms with van der Waals surface area (Å²) < 4.78 is 11.3. The molecular weight excluding hydrogens is 431 g/mol. The van der Waals surface area contributed by atoms with E-state index in [1.54, 1.807) is 14.2 Å². The lowest BCUT2D eigenvalue weighted by Gasteiger charge is -2.28. The number of aliphatic imine (C=N–C) groups is 1. The van der Waals surface area contributed by atoms with Gasteiger partial charge in [-0.2, -0.15) is 0 Å². The largest absolute Gasteiger partial charge is 0.465 e. The van der Waals surface area contributed by atoms with Gasteiger partial charge >= 0.3 is 0 Å². The number of nitrogens with zero attached hydrogens (tertiary/aromatic N) is 2. The fourth-order valence-electron chi connectivity index (χ4n) is 2.88. The average molecular weight is 464 g/mol. The van der Waals surface area contributed by atoms with Gasteiger partial charge in [-0.15, -0.1) is 24.0 Å². The van der Waals surface area contributed by atoms with Crippen molar-refractivity contribution in [3.05, 3.63) is 23.7 Å². The lowest BCUT2D eigenvalue weighted by atomic mass is 10.1. The summed E-state index contributed by atoms with van der Waals surface area (Å²) in [6, 6.07) is 4.35. The number of hydrogen-bond acceptors (Lipinski definition) is 4. The van der Waals surface area contributed by atoms with Crippen molar-refractivity contribution in [2.45, 2.75) is 45.3 Å². The van der Waals surface area contributed by atoms with Gasteiger partial charge < -0.3 is 19.8 Å². The molecule has 1 aromatic heterocycles. The highest BCUT2D eigenvalue weighted by atomic mass is 127. The zero-order chi connectivity index (χ0) is 17.6. The minimum Gasteiger partial charge on any atom is -0.465 e. The first-order chi connectivity index (χ1) is 11.4. The predicted octanol–water partition coefficient (Wildman–Crippen LogP) is 2.93.